The minimum Gasteiger partial charge on any atom is -0.372 e. The third-order valence-corrected chi connectivity index (χ3v) is 5.58. The fraction of sp³-hybridized carbons (Fsp3) is 0.650. The maximum Gasteiger partial charge on any atom is 0.219 e. The van der Waals surface area contributed by atoms with E-state index in [-0.39, 0.29) is 5.91 Å². The van der Waals surface area contributed by atoms with Gasteiger partial charge in [-0.3, -0.25) is 4.79 Å². The molecule has 0 aliphatic carbocycles. The van der Waals surface area contributed by atoms with Crippen LogP contribution in [0.1, 0.15) is 45.1 Å². The number of hydrogen-bond donors (Lipinski definition) is 1. The number of hydrogen-bond acceptors (Lipinski definition) is 3. The molecule has 1 amide bonds. The van der Waals surface area contributed by atoms with Gasteiger partial charge in [0.05, 0.1) is 0 Å². The number of anilines is 1. The highest BCUT2D eigenvalue weighted by Gasteiger charge is 2.26. The molecule has 2 fully saturated rings. The van der Waals surface area contributed by atoms with Crippen molar-refractivity contribution in [2.75, 3.05) is 31.1 Å². The maximum absolute atomic E-state index is 11.5. The third-order valence-electron chi connectivity index (χ3n) is 5.58. The van der Waals surface area contributed by atoms with Gasteiger partial charge in [-0.15, -0.1) is 0 Å². The molecule has 2 heterocycles. The second-order valence-electron chi connectivity index (χ2n) is 7.43. The lowest BCUT2D eigenvalue weighted by atomic mass is 9.93. The van der Waals surface area contributed by atoms with Gasteiger partial charge in [-0.1, -0.05) is 19.1 Å². The van der Waals surface area contributed by atoms with Gasteiger partial charge in [-0.25, -0.2) is 0 Å². The van der Waals surface area contributed by atoms with Crippen LogP contribution in [0.15, 0.2) is 24.3 Å². The smallest absolute Gasteiger partial charge is 0.219 e. The molecule has 0 spiro atoms. The fourth-order valence-corrected chi connectivity index (χ4v) is 3.96. The molecule has 132 valence electrons. The molecule has 4 heteroatoms. The quantitative estimate of drug-likeness (QED) is 0.922. The first-order valence-electron chi connectivity index (χ1n) is 9.46. The van der Waals surface area contributed by atoms with Crippen molar-refractivity contribution in [3.05, 3.63) is 29.8 Å². The molecule has 4 nitrogen and oxygen atoms in total. The second-order valence-corrected chi connectivity index (χ2v) is 7.43. The lowest BCUT2D eigenvalue weighted by Crippen LogP contribution is -2.49. The van der Waals surface area contributed by atoms with E-state index < -0.39 is 0 Å². The van der Waals surface area contributed by atoms with Crippen LogP contribution in [0.25, 0.3) is 0 Å². The summed E-state index contributed by atoms with van der Waals surface area (Å²) in [4.78, 5) is 16.0. The van der Waals surface area contributed by atoms with Gasteiger partial charge in [0.1, 0.15) is 0 Å². The Bertz CT molecular complexity index is 536. The summed E-state index contributed by atoms with van der Waals surface area (Å²) >= 11 is 0. The van der Waals surface area contributed by atoms with Gasteiger partial charge in [0.25, 0.3) is 0 Å². The summed E-state index contributed by atoms with van der Waals surface area (Å²) in [5.74, 6) is 0.712. The van der Waals surface area contributed by atoms with E-state index in [1.54, 1.807) is 6.92 Å². The van der Waals surface area contributed by atoms with Gasteiger partial charge in [0.15, 0.2) is 0 Å². The van der Waals surface area contributed by atoms with Crippen molar-refractivity contribution in [2.24, 2.45) is 5.92 Å². The maximum atomic E-state index is 11.5. The molecule has 0 unspecified atom stereocenters. The highest BCUT2D eigenvalue weighted by atomic mass is 16.2. The van der Waals surface area contributed by atoms with Gasteiger partial charge in [0, 0.05) is 51.4 Å². The number of rotatable bonds is 4. The first kappa shape index (κ1) is 17.3. The molecule has 2 saturated heterocycles. The number of nitrogens with one attached hydrogen (secondary N) is 1. The predicted octanol–water partition coefficient (Wildman–Crippen LogP) is 3.02. The van der Waals surface area contributed by atoms with E-state index in [0.29, 0.717) is 12.0 Å². The van der Waals surface area contributed by atoms with Crippen molar-refractivity contribution in [1.82, 2.24) is 10.2 Å². The van der Waals surface area contributed by atoms with Crippen LogP contribution in [0.5, 0.6) is 0 Å². The number of benzene rings is 1. The third kappa shape index (κ3) is 4.29. The summed E-state index contributed by atoms with van der Waals surface area (Å²) in [6.07, 6.45) is 5.06. The molecule has 2 aliphatic heterocycles. The standard InChI is InChI=1S/C20H31N3O/c1-16-15-23(17(2)24)13-10-20(16)21-14-18-6-8-19(9-7-18)22-11-4-3-5-12-22/h6-9,16,20-21H,3-5,10-15H2,1-2H3/t16-,20+/m0/s1. The Morgan fingerprint density at radius 2 is 1.83 bits per heavy atom. The Kier molecular flexibility index (Phi) is 5.77. The summed E-state index contributed by atoms with van der Waals surface area (Å²) in [6, 6.07) is 9.55. The monoisotopic (exact) mass is 329 g/mol. The summed E-state index contributed by atoms with van der Waals surface area (Å²) < 4.78 is 0. The zero-order valence-corrected chi connectivity index (χ0v) is 15.1. The molecule has 0 radical (unpaired) electrons. The summed E-state index contributed by atoms with van der Waals surface area (Å²) in [6.45, 7) is 8.98. The van der Waals surface area contributed by atoms with Crippen LogP contribution in [-0.4, -0.2) is 43.0 Å². The highest BCUT2D eigenvalue weighted by molar-refractivity contribution is 5.73. The van der Waals surface area contributed by atoms with Gasteiger partial charge >= 0.3 is 0 Å². The van der Waals surface area contributed by atoms with E-state index in [9.17, 15) is 4.79 Å². The Balaban J connectivity index is 1.49. The molecule has 0 saturated carbocycles. The van der Waals surface area contributed by atoms with E-state index in [4.69, 9.17) is 0 Å². The van der Waals surface area contributed by atoms with Crippen molar-refractivity contribution >= 4 is 11.6 Å². The number of amides is 1. The normalized spacial score (nSPS) is 24.9. The molecule has 1 aromatic carbocycles. The minimum atomic E-state index is 0.202. The largest absolute Gasteiger partial charge is 0.372 e. The molecule has 2 aliphatic rings. The second kappa shape index (κ2) is 8.02. The summed E-state index contributed by atoms with van der Waals surface area (Å²) in [7, 11) is 0. The van der Waals surface area contributed by atoms with Crippen molar-refractivity contribution in [3.63, 3.8) is 0 Å². The predicted molar refractivity (Wildman–Crippen MR) is 99.2 cm³/mol. The molecule has 1 aromatic rings. The molecule has 3 rings (SSSR count). The minimum absolute atomic E-state index is 0.202. The average molecular weight is 329 g/mol. The Hall–Kier alpha value is -1.55. The van der Waals surface area contributed by atoms with Crippen LogP contribution >= 0.6 is 0 Å². The molecule has 0 bridgehead atoms. The highest BCUT2D eigenvalue weighted by Crippen LogP contribution is 2.21. The molecule has 0 aromatic heterocycles. The van der Waals surface area contributed by atoms with Crippen molar-refractivity contribution in [1.29, 1.82) is 0 Å². The number of nitrogens with zero attached hydrogens (tertiary/aromatic N) is 2. The number of carbonyl (C=O) groups is 1. The Morgan fingerprint density at radius 1 is 1.12 bits per heavy atom. The van der Waals surface area contributed by atoms with Crippen LogP contribution in [-0.2, 0) is 11.3 Å². The van der Waals surface area contributed by atoms with Gasteiger partial charge in [-0.05, 0) is 49.3 Å². The van der Waals surface area contributed by atoms with Crippen LogP contribution in [0, 0.1) is 5.92 Å². The number of likely N-dealkylation sites (tertiary alicyclic amines) is 1. The SMILES string of the molecule is CC(=O)N1CC[C@@H](NCc2ccc(N3CCCCC3)cc2)[C@@H](C)C1. The van der Waals surface area contributed by atoms with Gasteiger partial charge in [-0.2, -0.15) is 0 Å². The Labute approximate surface area is 146 Å². The first-order chi connectivity index (χ1) is 11.6. The summed E-state index contributed by atoms with van der Waals surface area (Å²) in [5.41, 5.74) is 2.71. The van der Waals surface area contributed by atoms with Crippen LogP contribution in [0.3, 0.4) is 0 Å². The zero-order valence-electron chi connectivity index (χ0n) is 15.1. The molecular weight excluding hydrogens is 298 g/mol. The lowest BCUT2D eigenvalue weighted by Gasteiger charge is -2.37. The van der Waals surface area contributed by atoms with Crippen molar-refractivity contribution in [2.45, 2.75) is 52.1 Å². The van der Waals surface area contributed by atoms with E-state index in [1.807, 2.05) is 4.90 Å². The van der Waals surface area contributed by atoms with E-state index in [0.717, 1.165) is 26.1 Å². The summed E-state index contributed by atoms with van der Waals surface area (Å²) in [5, 5.41) is 3.69. The fourth-order valence-electron chi connectivity index (χ4n) is 3.96. The van der Waals surface area contributed by atoms with E-state index in [2.05, 4.69) is 41.4 Å². The first-order valence-corrected chi connectivity index (χ1v) is 9.46. The topological polar surface area (TPSA) is 35.6 Å². The number of carbonyl (C=O) groups excluding carboxylic acids is 1. The number of piperidine rings is 2. The van der Waals surface area contributed by atoms with Crippen LogP contribution in [0.4, 0.5) is 5.69 Å². The molecule has 2 atom stereocenters. The zero-order chi connectivity index (χ0) is 16.9. The Morgan fingerprint density at radius 3 is 2.46 bits per heavy atom. The van der Waals surface area contributed by atoms with Gasteiger partial charge in [0.2, 0.25) is 5.91 Å². The average Bonchev–Trinajstić information content (AvgIpc) is 2.62. The lowest BCUT2D eigenvalue weighted by molar-refractivity contribution is -0.130. The molecular formula is C20H31N3O. The molecule has 24 heavy (non-hydrogen) atoms. The van der Waals surface area contributed by atoms with Crippen LogP contribution < -0.4 is 10.2 Å². The van der Waals surface area contributed by atoms with Gasteiger partial charge < -0.3 is 15.1 Å². The van der Waals surface area contributed by atoms with Crippen LogP contribution in [0.2, 0.25) is 0 Å². The van der Waals surface area contributed by atoms with Crippen molar-refractivity contribution < 1.29 is 4.79 Å². The van der Waals surface area contributed by atoms with E-state index in [1.165, 1.54) is 43.6 Å². The molecule has 1 N–H and O–H groups in total. The van der Waals surface area contributed by atoms with Crippen molar-refractivity contribution in [3.8, 4) is 0 Å². The van der Waals surface area contributed by atoms with E-state index >= 15 is 0 Å².